The molecule has 2 aliphatic heterocycles. The van der Waals surface area contributed by atoms with Crippen molar-refractivity contribution in [2.75, 3.05) is 25.8 Å². The number of nitrogens with one attached hydrogen (secondary N) is 1. The van der Waals surface area contributed by atoms with Gasteiger partial charge < -0.3 is 19.5 Å². The number of aromatic nitrogens is 1. The maximum Gasteiger partial charge on any atom is 0.410 e. The second-order valence-corrected chi connectivity index (χ2v) is 6.77. The third kappa shape index (κ3) is 3.05. The largest absolute Gasteiger partial charge is 0.454 e. The quantitative estimate of drug-likeness (QED) is 0.887. The number of nitrogens with zero attached hydrogens (tertiary/aromatic N) is 2. The highest BCUT2D eigenvalue weighted by molar-refractivity contribution is 7.14. The lowest BCUT2D eigenvalue weighted by Crippen LogP contribution is -2.43. The maximum atomic E-state index is 12.5. The van der Waals surface area contributed by atoms with Gasteiger partial charge in [0, 0.05) is 17.5 Å². The molecule has 4 rings (SSSR count). The first-order valence-electron chi connectivity index (χ1n) is 8.16. The van der Waals surface area contributed by atoms with Gasteiger partial charge in [-0.2, -0.15) is 0 Å². The standard InChI is InChI=1S/C17H17N3O5S/c1-23-17(22)20-6-2-3-12(20)15(21)19-16-18-11(8-26-16)10-4-5-13-14(7-10)25-9-24-13/h4-5,7-8,12H,2-3,6,9H2,1H3,(H,18,19,21). The Bertz CT molecular complexity index is 853. The molecule has 8 nitrogen and oxygen atoms in total. The molecule has 1 unspecified atom stereocenters. The fourth-order valence-electron chi connectivity index (χ4n) is 3.08. The zero-order valence-electron chi connectivity index (χ0n) is 14.1. The van der Waals surface area contributed by atoms with Crippen LogP contribution in [0.5, 0.6) is 11.5 Å². The second kappa shape index (κ2) is 6.83. The number of carbonyl (C=O) groups excluding carboxylic acids is 2. The molecule has 0 spiro atoms. The zero-order chi connectivity index (χ0) is 18.1. The van der Waals surface area contributed by atoms with E-state index < -0.39 is 12.1 Å². The minimum atomic E-state index is -0.527. The summed E-state index contributed by atoms with van der Waals surface area (Å²) in [7, 11) is 1.31. The average Bonchev–Trinajstić information content (AvgIpc) is 3.39. The number of carbonyl (C=O) groups is 2. The van der Waals surface area contributed by atoms with Crippen molar-refractivity contribution >= 4 is 28.5 Å². The first-order valence-corrected chi connectivity index (χ1v) is 9.04. The third-order valence-electron chi connectivity index (χ3n) is 4.37. The van der Waals surface area contributed by atoms with E-state index in [1.54, 1.807) is 0 Å². The van der Waals surface area contributed by atoms with E-state index in [0.717, 1.165) is 17.7 Å². The summed E-state index contributed by atoms with van der Waals surface area (Å²) in [6.45, 7) is 0.736. The van der Waals surface area contributed by atoms with Gasteiger partial charge in [-0.25, -0.2) is 9.78 Å². The Morgan fingerprint density at radius 1 is 1.35 bits per heavy atom. The van der Waals surface area contributed by atoms with Crippen LogP contribution >= 0.6 is 11.3 Å². The van der Waals surface area contributed by atoms with Crippen molar-refractivity contribution in [2.45, 2.75) is 18.9 Å². The van der Waals surface area contributed by atoms with Gasteiger partial charge in [0.05, 0.1) is 12.8 Å². The molecule has 1 N–H and O–H groups in total. The molecule has 0 aliphatic carbocycles. The molecule has 1 aromatic carbocycles. The van der Waals surface area contributed by atoms with Crippen LogP contribution in [0, 0.1) is 0 Å². The number of amides is 2. The molecular weight excluding hydrogens is 358 g/mol. The number of anilines is 1. The number of thiazole rings is 1. The minimum Gasteiger partial charge on any atom is -0.454 e. The number of ether oxygens (including phenoxy) is 3. The van der Waals surface area contributed by atoms with Crippen molar-refractivity contribution in [3.05, 3.63) is 23.6 Å². The number of likely N-dealkylation sites (tertiary alicyclic amines) is 1. The Morgan fingerprint density at radius 3 is 3.04 bits per heavy atom. The number of hydrogen-bond acceptors (Lipinski definition) is 7. The van der Waals surface area contributed by atoms with E-state index in [9.17, 15) is 9.59 Å². The number of fused-ring (bicyclic) bond motifs is 1. The van der Waals surface area contributed by atoms with E-state index >= 15 is 0 Å². The summed E-state index contributed by atoms with van der Waals surface area (Å²) in [6.07, 6.45) is 0.900. The molecule has 9 heteroatoms. The van der Waals surface area contributed by atoms with Crippen LogP contribution in [0.3, 0.4) is 0 Å². The Balaban J connectivity index is 1.47. The van der Waals surface area contributed by atoms with Crippen molar-refractivity contribution < 1.29 is 23.8 Å². The van der Waals surface area contributed by atoms with Crippen LogP contribution in [-0.4, -0.2) is 48.4 Å². The Labute approximate surface area is 153 Å². The van der Waals surface area contributed by atoms with Crippen LogP contribution in [0.1, 0.15) is 12.8 Å². The van der Waals surface area contributed by atoms with Gasteiger partial charge in [0.2, 0.25) is 12.7 Å². The lowest BCUT2D eigenvalue weighted by atomic mass is 10.1. The van der Waals surface area contributed by atoms with Gasteiger partial charge in [-0.05, 0) is 31.0 Å². The zero-order valence-corrected chi connectivity index (χ0v) is 14.9. The van der Waals surface area contributed by atoms with Gasteiger partial charge in [0.25, 0.3) is 0 Å². The van der Waals surface area contributed by atoms with Gasteiger partial charge in [-0.15, -0.1) is 11.3 Å². The highest BCUT2D eigenvalue weighted by Gasteiger charge is 2.35. The Hall–Kier alpha value is -2.81. The van der Waals surface area contributed by atoms with Gasteiger partial charge in [0.15, 0.2) is 16.6 Å². The second-order valence-electron chi connectivity index (χ2n) is 5.92. The van der Waals surface area contributed by atoms with Crippen LogP contribution in [-0.2, 0) is 9.53 Å². The van der Waals surface area contributed by atoms with Crippen molar-refractivity contribution in [3.63, 3.8) is 0 Å². The first kappa shape index (κ1) is 16.6. The number of methoxy groups -OCH3 is 1. The topological polar surface area (TPSA) is 90.0 Å². The summed E-state index contributed by atoms with van der Waals surface area (Å²) in [6, 6.07) is 5.06. The molecular formula is C17H17N3O5S. The highest BCUT2D eigenvalue weighted by atomic mass is 32.1. The molecule has 1 atom stereocenters. The highest BCUT2D eigenvalue weighted by Crippen LogP contribution is 2.36. The van der Waals surface area contributed by atoms with Crippen LogP contribution in [0.4, 0.5) is 9.93 Å². The summed E-state index contributed by atoms with van der Waals surface area (Å²) in [5, 5.41) is 5.14. The smallest absolute Gasteiger partial charge is 0.410 e. The number of hydrogen-bond donors (Lipinski definition) is 1. The normalized spacial score (nSPS) is 18.0. The fourth-order valence-corrected chi connectivity index (χ4v) is 3.81. The van der Waals surface area contributed by atoms with Crippen molar-refractivity contribution in [3.8, 4) is 22.8 Å². The van der Waals surface area contributed by atoms with E-state index in [1.165, 1.54) is 23.3 Å². The Kier molecular flexibility index (Phi) is 4.37. The SMILES string of the molecule is COC(=O)N1CCCC1C(=O)Nc1nc(-c2ccc3c(c2)OCO3)cs1. The van der Waals surface area contributed by atoms with E-state index in [0.29, 0.717) is 29.6 Å². The minimum absolute atomic E-state index is 0.218. The van der Waals surface area contributed by atoms with E-state index in [4.69, 9.17) is 14.2 Å². The molecule has 3 heterocycles. The molecule has 0 bridgehead atoms. The predicted octanol–water partition coefficient (Wildman–Crippen LogP) is 2.71. The van der Waals surface area contributed by atoms with E-state index in [2.05, 4.69) is 10.3 Å². The molecule has 2 aromatic rings. The van der Waals surface area contributed by atoms with Crippen molar-refractivity contribution in [1.82, 2.24) is 9.88 Å². The van der Waals surface area contributed by atoms with E-state index in [-0.39, 0.29) is 12.7 Å². The van der Waals surface area contributed by atoms with Crippen LogP contribution in [0.2, 0.25) is 0 Å². The van der Waals surface area contributed by atoms with E-state index in [1.807, 2.05) is 23.6 Å². The van der Waals surface area contributed by atoms with Gasteiger partial charge in [-0.3, -0.25) is 9.69 Å². The summed E-state index contributed by atoms with van der Waals surface area (Å²) < 4.78 is 15.4. The molecule has 1 aromatic heterocycles. The fraction of sp³-hybridized carbons (Fsp3) is 0.353. The lowest BCUT2D eigenvalue weighted by molar-refractivity contribution is -0.119. The van der Waals surface area contributed by atoms with Gasteiger partial charge in [0.1, 0.15) is 6.04 Å². The molecule has 26 heavy (non-hydrogen) atoms. The van der Waals surface area contributed by atoms with Crippen LogP contribution < -0.4 is 14.8 Å². The number of benzene rings is 1. The van der Waals surface area contributed by atoms with Crippen molar-refractivity contribution in [2.24, 2.45) is 0 Å². The molecule has 0 saturated carbocycles. The molecule has 1 fully saturated rings. The summed E-state index contributed by atoms with van der Waals surface area (Å²) in [4.78, 5) is 30.2. The summed E-state index contributed by atoms with van der Waals surface area (Å²) in [5.74, 6) is 1.14. The van der Waals surface area contributed by atoms with Crippen LogP contribution in [0.25, 0.3) is 11.3 Å². The van der Waals surface area contributed by atoms with Gasteiger partial charge in [-0.1, -0.05) is 0 Å². The van der Waals surface area contributed by atoms with Crippen LogP contribution in [0.15, 0.2) is 23.6 Å². The molecule has 1 saturated heterocycles. The predicted molar refractivity (Wildman–Crippen MR) is 94.4 cm³/mol. The summed E-state index contributed by atoms with van der Waals surface area (Å²) in [5.41, 5.74) is 1.61. The maximum absolute atomic E-state index is 12.5. The monoisotopic (exact) mass is 375 g/mol. The molecule has 136 valence electrons. The lowest BCUT2D eigenvalue weighted by Gasteiger charge is -2.21. The van der Waals surface area contributed by atoms with Gasteiger partial charge >= 0.3 is 6.09 Å². The molecule has 2 aliphatic rings. The molecule has 2 amide bonds. The Morgan fingerprint density at radius 2 is 2.19 bits per heavy atom. The average molecular weight is 375 g/mol. The van der Waals surface area contributed by atoms with Crippen molar-refractivity contribution in [1.29, 1.82) is 0 Å². The first-order chi connectivity index (χ1) is 12.7. The summed E-state index contributed by atoms with van der Waals surface area (Å²) >= 11 is 1.33. The third-order valence-corrected chi connectivity index (χ3v) is 5.12. The molecule has 0 radical (unpaired) electrons. The number of rotatable bonds is 3.